The summed E-state index contributed by atoms with van der Waals surface area (Å²) in [5.74, 6) is -0.821. The SMILES string of the molecule is COc1ccccc1C(=O)OCC(=O)Nc1cc(Cl)ccc1-n1cncn1. The van der Waals surface area contributed by atoms with E-state index >= 15 is 0 Å². The maximum Gasteiger partial charge on any atom is 0.342 e. The molecule has 0 bridgehead atoms. The minimum absolute atomic E-state index is 0.235. The van der Waals surface area contributed by atoms with Gasteiger partial charge in [0.2, 0.25) is 0 Å². The van der Waals surface area contributed by atoms with Gasteiger partial charge in [-0.15, -0.1) is 0 Å². The van der Waals surface area contributed by atoms with Gasteiger partial charge >= 0.3 is 5.97 Å². The molecule has 0 spiro atoms. The van der Waals surface area contributed by atoms with Crippen LogP contribution in [0.15, 0.2) is 55.1 Å². The number of rotatable bonds is 6. The number of carbonyl (C=O) groups excluding carboxylic acids is 2. The molecular formula is C18H15ClN4O4. The van der Waals surface area contributed by atoms with Crippen molar-refractivity contribution in [3.63, 3.8) is 0 Å². The van der Waals surface area contributed by atoms with E-state index < -0.39 is 18.5 Å². The van der Waals surface area contributed by atoms with Crippen LogP contribution in [0, 0.1) is 0 Å². The quantitative estimate of drug-likeness (QED) is 0.654. The van der Waals surface area contributed by atoms with Crippen molar-refractivity contribution in [2.24, 2.45) is 0 Å². The van der Waals surface area contributed by atoms with Crippen LogP contribution in [0.2, 0.25) is 5.02 Å². The molecule has 3 rings (SSSR count). The first-order valence-electron chi connectivity index (χ1n) is 7.83. The maximum absolute atomic E-state index is 12.2. The smallest absolute Gasteiger partial charge is 0.342 e. The lowest BCUT2D eigenvalue weighted by Crippen LogP contribution is -2.22. The summed E-state index contributed by atoms with van der Waals surface area (Å²) in [5, 5.41) is 7.11. The molecule has 0 atom stereocenters. The van der Waals surface area contributed by atoms with Crippen molar-refractivity contribution < 1.29 is 19.1 Å². The van der Waals surface area contributed by atoms with Gasteiger partial charge < -0.3 is 14.8 Å². The zero-order chi connectivity index (χ0) is 19.2. The molecule has 3 aromatic rings. The number of nitrogens with one attached hydrogen (secondary N) is 1. The highest BCUT2D eigenvalue weighted by molar-refractivity contribution is 6.31. The van der Waals surface area contributed by atoms with Crippen molar-refractivity contribution in [2.75, 3.05) is 19.0 Å². The van der Waals surface area contributed by atoms with E-state index in [-0.39, 0.29) is 5.56 Å². The number of para-hydroxylation sites is 1. The van der Waals surface area contributed by atoms with Crippen molar-refractivity contribution in [1.82, 2.24) is 14.8 Å². The molecule has 0 radical (unpaired) electrons. The Hall–Kier alpha value is -3.39. The fourth-order valence-corrected chi connectivity index (χ4v) is 2.52. The molecule has 0 saturated carbocycles. The van der Waals surface area contributed by atoms with Crippen molar-refractivity contribution in [2.45, 2.75) is 0 Å². The average molecular weight is 387 g/mol. The van der Waals surface area contributed by atoms with E-state index in [0.29, 0.717) is 22.1 Å². The molecule has 0 aliphatic carbocycles. The lowest BCUT2D eigenvalue weighted by atomic mass is 10.2. The number of esters is 1. The second-order valence-corrected chi connectivity index (χ2v) is 5.76. The van der Waals surface area contributed by atoms with Gasteiger partial charge in [-0.05, 0) is 30.3 Å². The van der Waals surface area contributed by atoms with Gasteiger partial charge in [0.1, 0.15) is 24.0 Å². The van der Waals surface area contributed by atoms with E-state index in [1.165, 1.54) is 24.4 Å². The molecule has 1 amide bonds. The van der Waals surface area contributed by atoms with E-state index in [1.807, 2.05) is 0 Å². The molecule has 0 aliphatic rings. The predicted octanol–water partition coefficient (Wildman–Crippen LogP) is 2.72. The molecule has 27 heavy (non-hydrogen) atoms. The standard InChI is InChI=1S/C18H15ClN4O4/c1-26-16-5-3-2-4-13(16)18(25)27-9-17(24)22-14-8-12(19)6-7-15(14)23-11-20-10-21-23/h2-8,10-11H,9H2,1H3,(H,22,24). The van der Waals surface area contributed by atoms with Gasteiger partial charge in [0.25, 0.3) is 5.91 Å². The lowest BCUT2D eigenvalue weighted by Gasteiger charge is -2.12. The third-order valence-electron chi connectivity index (χ3n) is 3.56. The largest absolute Gasteiger partial charge is 0.496 e. The molecule has 1 aromatic heterocycles. The second kappa shape index (κ2) is 8.33. The zero-order valence-corrected chi connectivity index (χ0v) is 15.0. The molecule has 8 nitrogen and oxygen atoms in total. The first-order chi connectivity index (χ1) is 13.1. The Morgan fingerprint density at radius 2 is 2.04 bits per heavy atom. The Labute approximate surface area is 159 Å². The van der Waals surface area contributed by atoms with Crippen LogP contribution < -0.4 is 10.1 Å². The molecule has 0 unspecified atom stereocenters. The Kier molecular flexibility index (Phi) is 5.68. The van der Waals surface area contributed by atoms with Crippen molar-refractivity contribution in [1.29, 1.82) is 0 Å². The number of benzene rings is 2. The summed E-state index contributed by atoms with van der Waals surface area (Å²) >= 11 is 6.01. The van der Waals surface area contributed by atoms with Crippen LogP contribution in [-0.2, 0) is 9.53 Å². The van der Waals surface area contributed by atoms with Gasteiger partial charge in [0.15, 0.2) is 6.61 Å². The van der Waals surface area contributed by atoms with Crippen LogP contribution in [0.5, 0.6) is 5.75 Å². The fourth-order valence-electron chi connectivity index (χ4n) is 2.35. The topological polar surface area (TPSA) is 95.3 Å². The first-order valence-corrected chi connectivity index (χ1v) is 8.21. The summed E-state index contributed by atoms with van der Waals surface area (Å²) in [5.41, 5.74) is 1.21. The Morgan fingerprint density at radius 1 is 1.22 bits per heavy atom. The highest BCUT2D eigenvalue weighted by Crippen LogP contribution is 2.24. The minimum Gasteiger partial charge on any atom is -0.496 e. The first kappa shape index (κ1) is 18.4. The average Bonchev–Trinajstić information content (AvgIpc) is 3.20. The Morgan fingerprint density at radius 3 is 2.78 bits per heavy atom. The van der Waals surface area contributed by atoms with Crippen molar-refractivity contribution in [3.8, 4) is 11.4 Å². The van der Waals surface area contributed by atoms with E-state index in [9.17, 15) is 9.59 Å². The summed E-state index contributed by atoms with van der Waals surface area (Å²) in [6.45, 7) is -0.472. The number of carbonyl (C=O) groups is 2. The third-order valence-corrected chi connectivity index (χ3v) is 3.79. The Bertz CT molecular complexity index is 960. The number of hydrogen-bond acceptors (Lipinski definition) is 6. The van der Waals surface area contributed by atoms with Crippen molar-refractivity contribution >= 4 is 29.2 Å². The highest BCUT2D eigenvalue weighted by Gasteiger charge is 2.16. The van der Waals surface area contributed by atoms with Gasteiger partial charge in [-0.25, -0.2) is 14.5 Å². The number of amides is 1. The predicted molar refractivity (Wildman–Crippen MR) is 98.3 cm³/mol. The van der Waals surface area contributed by atoms with E-state index in [2.05, 4.69) is 15.4 Å². The van der Waals surface area contributed by atoms with Gasteiger partial charge in [-0.3, -0.25) is 4.79 Å². The molecule has 1 heterocycles. The van der Waals surface area contributed by atoms with Crippen LogP contribution in [0.25, 0.3) is 5.69 Å². The van der Waals surface area contributed by atoms with E-state index in [0.717, 1.165) is 0 Å². The number of anilines is 1. The zero-order valence-electron chi connectivity index (χ0n) is 14.3. The lowest BCUT2D eigenvalue weighted by molar-refractivity contribution is -0.119. The number of aromatic nitrogens is 3. The molecular weight excluding hydrogens is 372 g/mol. The summed E-state index contributed by atoms with van der Waals surface area (Å²) in [7, 11) is 1.45. The summed E-state index contributed by atoms with van der Waals surface area (Å²) in [6, 6.07) is 11.5. The van der Waals surface area contributed by atoms with Crippen LogP contribution in [0.4, 0.5) is 5.69 Å². The Balaban J connectivity index is 1.68. The van der Waals surface area contributed by atoms with Crippen LogP contribution in [0.3, 0.4) is 0 Å². The highest BCUT2D eigenvalue weighted by atomic mass is 35.5. The fraction of sp³-hybridized carbons (Fsp3) is 0.111. The summed E-state index contributed by atoms with van der Waals surface area (Å²) in [6.07, 6.45) is 2.86. The van der Waals surface area contributed by atoms with Gasteiger partial charge in [0.05, 0.1) is 18.5 Å². The van der Waals surface area contributed by atoms with E-state index in [4.69, 9.17) is 21.1 Å². The molecule has 9 heteroatoms. The normalized spacial score (nSPS) is 10.3. The molecule has 138 valence electrons. The number of methoxy groups -OCH3 is 1. The molecule has 1 N–H and O–H groups in total. The van der Waals surface area contributed by atoms with Gasteiger partial charge in [0, 0.05) is 5.02 Å². The third kappa shape index (κ3) is 4.42. The van der Waals surface area contributed by atoms with Gasteiger partial charge in [-0.2, -0.15) is 5.10 Å². The monoisotopic (exact) mass is 386 g/mol. The van der Waals surface area contributed by atoms with Crippen LogP contribution in [0.1, 0.15) is 10.4 Å². The van der Waals surface area contributed by atoms with E-state index in [1.54, 1.807) is 42.5 Å². The number of hydrogen-bond donors (Lipinski definition) is 1. The second-order valence-electron chi connectivity index (χ2n) is 5.33. The maximum atomic E-state index is 12.2. The number of halogens is 1. The van der Waals surface area contributed by atoms with Crippen molar-refractivity contribution in [3.05, 3.63) is 65.7 Å². The minimum atomic E-state index is -0.662. The molecule has 2 aromatic carbocycles. The van der Waals surface area contributed by atoms with Gasteiger partial charge in [-0.1, -0.05) is 23.7 Å². The number of ether oxygens (including phenoxy) is 2. The summed E-state index contributed by atoms with van der Waals surface area (Å²) < 4.78 is 11.7. The number of nitrogens with zero attached hydrogens (tertiary/aromatic N) is 3. The molecule has 0 fully saturated rings. The molecule has 0 saturated heterocycles. The van der Waals surface area contributed by atoms with Crippen LogP contribution in [-0.4, -0.2) is 40.4 Å². The van der Waals surface area contributed by atoms with Crippen LogP contribution >= 0.6 is 11.6 Å². The molecule has 0 aliphatic heterocycles. The summed E-state index contributed by atoms with van der Waals surface area (Å²) in [4.78, 5) is 28.3.